The maximum Gasteiger partial charge on any atom is 0.0213 e. The first-order valence-corrected chi connectivity index (χ1v) is 5.83. The normalized spacial score (nSPS) is 26.4. The third-order valence-corrected chi connectivity index (χ3v) is 3.93. The van der Waals surface area contributed by atoms with Crippen LogP contribution in [0.1, 0.15) is 35.3 Å². The summed E-state index contributed by atoms with van der Waals surface area (Å²) in [5.74, 6) is 1.79. The minimum absolute atomic E-state index is 0.870. The summed E-state index contributed by atoms with van der Waals surface area (Å²) in [6.45, 7) is 5.64. The van der Waals surface area contributed by atoms with E-state index in [0.29, 0.717) is 0 Å². The SMILES string of the molecule is CNCc1csc(C)c1C1CC1C. The van der Waals surface area contributed by atoms with Crippen LogP contribution in [0, 0.1) is 12.8 Å². The quantitative estimate of drug-likeness (QED) is 0.782. The molecule has 1 aliphatic carbocycles. The molecule has 1 aliphatic rings. The second kappa shape index (κ2) is 3.43. The van der Waals surface area contributed by atoms with E-state index >= 15 is 0 Å². The first-order chi connectivity index (χ1) is 6.24. The van der Waals surface area contributed by atoms with E-state index in [1.807, 2.05) is 18.4 Å². The average Bonchev–Trinajstić information content (AvgIpc) is 2.68. The molecule has 0 aromatic carbocycles. The summed E-state index contributed by atoms with van der Waals surface area (Å²) in [5.41, 5.74) is 3.17. The topological polar surface area (TPSA) is 12.0 Å². The summed E-state index contributed by atoms with van der Waals surface area (Å²) in [6.07, 6.45) is 1.40. The van der Waals surface area contributed by atoms with Crippen molar-refractivity contribution >= 4 is 11.3 Å². The van der Waals surface area contributed by atoms with Crippen LogP contribution in [0.15, 0.2) is 5.38 Å². The van der Waals surface area contributed by atoms with Crippen LogP contribution < -0.4 is 5.32 Å². The summed E-state index contributed by atoms with van der Waals surface area (Å²) in [6, 6.07) is 0. The summed E-state index contributed by atoms with van der Waals surface area (Å²) < 4.78 is 0. The lowest BCUT2D eigenvalue weighted by molar-refractivity contribution is 0.799. The molecule has 13 heavy (non-hydrogen) atoms. The van der Waals surface area contributed by atoms with Crippen LogP contribution in [0.3, 0.4) is 0 Å². The minimum atomic E-state index is 0.870. The van der Waals surface area contributed by atoms with E-state index in [2.05, 4.69) is 24.5 Å². The van der Waals surface area contributed by atoms with Crippen LogP contribution in [0.2, 0.25) is 0 Å². The molecule has 1 saturated carbocycles. The molecule has 0 amide bonds. The van der Waals surface area contributed by atoms with Gasteiger partial charge in [-0.15, -0.1) is 11.3 Å². The zero-order chi connectivity index (χ0) is 9.42. The third kappa shape index (κ3) is 1.65. The molecule has 0 aliphatic heterocycles. The maximum absolute atomic E-state index is 3.24. The second-order valence-electron chi connectivity index (χ2n) is 4.08. The van der Waals surface area contributed by atoms with Crippen molar-refractivity contribution in [2.45, 2.75) is 32.7 Å². The van der Waals surface area contributed by atoms with E-state index in [1.165, 1.54) is 16.9 Å². The van der Waals surface area contributed by atoms with Crippen molar-refractivity contribution in [2.75, 3.05) is 7.05 Å². The van der Waals surface area contributed by atoms with Crippen LogP contribution in [0.25, 0.3) is 0 Å². The molecule has 1 aromatic rings. The van der Waals surface area contributed by atoms with Gasteiger partial charge in [0, 0.05) is 11.4 Å². The van der Waals surface area contributed by atoms with Gasteiger partial charge in [0.1, 0.15) is 0 Å². The lowest BCUT2D eigenvalue weighted by Crippen LogP contribution is -2.06. The third-order valence-electron chi connectivity index (χ3n) is 2.95. The molecular weight excluding hydrogens is 178 g/mol. The van der Waals surface area contributed by atoms with E-state index in [4.69, 9.17) is 0 Å². The number of thiophene rings is 1. The number of aryl methyl sites for hydroxylation is 1. The Labute approximate surface area is 84.2 Å². The molecule has 1 nitrogen and oxygen atoms in total. The van der Waals surface area contributed by atoms with Gasteiger partial charge in [-0.2, -0.15) is 0 Å². The lowest BCUT2D eigenvalue weighted by atomic mass is 10.1. The van der Waals surface area contributed by atoms with Crippen molar-refractivity contribution in [3.63, 3.8) is 0 Å². The molecule has 0 spiro atoms. The van der Waals surface area contributed by atoms with Crippen molar-refractivity contribution in [3.05, 3.63) is 21.4 Å². The molecule has 2 unspecified atom stereocenters. The minimum Gasteiger partial charge on any atom is -0.316 e. The summed E-state index contributed by atoms with van der Waals surface area (Å²) >= 11 is 1.90. The van der Waals surface area contributed by atoms with Gasteiger partial charge in [0.05, 0.1) is 0 Å². The molecule has 2 atom stereocenters. The van der Waals surface area contributed by atoms with Crippen LogP contribution in [-0.4, -0.2) is 7.05 Å². The molecule has 1 N–H and O–H groups in total. The predicted octanol–water partition coefficient (Wildman–Crippen LogP) is 2.90. The van der Waals surface area contributed by atoms with Gasteiger partial charge in [0.15, 0.2) is 0 Å². The van der Waals surface area contributed by atoms with Crippen molar-refractivity contribution in [1.29, 1.82) is 0 Å². The zero-order valence-electron chi connectivity index (χ0n) is 8.55. The van der Waals surface area contributed by atoms with E-state index in [1.54, 1.807) is 5.56 Å². The second-order valence-corrected chi connectivity index (χ2v) is 5.16. The first kappa shape index (κ1) is 9.22. The smallest absolute Gasteiger partial charge is 0.0213 e. The Balaban J connectivity index is 2.25. The van der Waals surface area contributed by atoms with Gasteiger partial charge >= 0.3 is 0 Å². The highest BCUT2D eigenvalue weighted by molar-refractivity contribution is 7.10. The predicted molar refractivity (Wildman–Crippen MR) is 58.3 cm³/mol. The van der Waals surface area contributed by atoms with Gasteiger partial charge in [0.2, 0.25) is 0 Å². The molecule has 0 radical (unpaired) electrons. The Hall–Kier alpha value is -0.340. The van der Waals surface area contributed by atoms with Crippen molar-refractivity contribution in [1.82, 2.24) is 5.32 Å². The molecule has 0 saturated heterocycles. The van der Waals surface area contributed by atoms with Gasteiger partial charge in [-0.3, -0.25) is 0 Å². The van der Waals surface area contributed by atoms with Gasteiger partial charge in [-0.1, -0.05) is 6.92 Å². The maximum atomic E-state index is 3.24. The van der Waals surface area contributed by atoms with E-state index in [-0.39, 0.29) is 0 Å². The van der Waals surface area contributed by atoms with Crippen molar-refractivity contribution < 1.29 is 0 Å². The van der Waals surface area contributed by atoms with Crippen LogP contribution in [-0.2, 0) is 6.54 Å². The number of rotatable bonds is 3. The molecule has 1 fully saturated rings. The number of hydrogen-bond acceptors (Lipinski definition) is 2. The molecule has 0 bridgehead atoms. The fourth-order valence-corrected chi connectivity index (χ4v) is 3.00. The Morgan fingerprint density at radius 2 is 2.31 bits per heavy atom. The van der Waals surface area contributed by atoms with E-state index in [9.17, 15) is 0 Å². The molecule has 1 heterocycles. The highest BCUT2D eigenvalue weighted by Gasteiger charge is 2.36. The average molecular weight is 195 g/mol. The largest absolute Gasteiger partial charge is 0.316 e. The van der Waals surface area contributed by atoms with Crippen LogP contribution >= 0.6 is 11.3 Å². The molecule has 72 valence electrons. The summed E-state index contributed by atoms with van der Waals surface area (Å²) in [4.78, 5) is 1.53. The Morgan fingerprint density at radius 1 is 1.62 bits per heavy atom. The molecular formula is C11H17NS. The monoisotopic (exact) mass is 195 g/mol. The Morgan fingerprint density at radius 3 is 2.85 bits per heavy atom. The number of hydrogen-bond donors (Lipinski definition) is 1. The molecule has 1 aromatic heterocycles. The van der Waals surface area contributed by atoms with E-state index in [0.717, 1.165) is 18.4 Å². The fraction of sp³-hybridized carbons (Fsp3) is 0.636. The summed E-state index contributed by atoms with van der Waals surface area (Å²) in [5, 5.41) is 5.55. The standard InChI is InChI=1S/C11H17NS/c1-7-4-10(7)11-8(2)13-6-9(11)5-12-3/h6-7,10,12H,4-5H2,1-3H3. The van der Waals surface area contributed by atoms with Gasteiger partial charge in [-0.05, 0) is 48.7 Å². The highest BCUT2D eigenvalue weighted by atomic mass is 32.1. The molecule has 2 rings (SSSR count). The lowest BCUT2D eigenvalue weighted by Gasteiger charge is -2.03. The van der Waals surface area contributed by atoms with Gasteiger partial charge < -0.3 is 5.32 Å². The number of nitrogens with one attached hydrogen (secondary N) is 1. The fourth-order valence-electron chi connectivity index (χ4n) is 2.06. The van der Waals surface area contributed by atoms with Crippen molar-refractivity contribution in [2.24, 2.45) is 5.92 Å². The van der Waals surface area contributed by atoms with Crippen molar-refractivity contribution in [3.8, 4) is 0 Å². The Kier molecular flexibility index (Phi) is 2.43. The van der Waals surface area contributed by atoms with Crippen LogP contribution in [0.4, 0.5) is 0 Å². The molecule has 2 heteroatoms. The van der Waals surface area contributed by atoms with Gasteiger partial charge in [0.25, 0.3) is 0 Å². The van der Waals surface area contributed by atoms with Gasteiger partial charge in [-0.25, -0.2) is 0 Å². The zero-order valence-corrected chi connectivity index (χ0v) is 9.37. The Bertz CT molecular complexity index is 303. The first-order valence-electron chi connectivity index (χ1n) is 4.95. The van der Waals surface area contributed by atoms with E-state index < -0.39 is 0 Å². The van der Waals surface area contributed by atoms with Crippen LogP contribution in [0.5, 0.6) is 0 Å². The summed E-state index contributed by atoms with van der Waals surface area (Å²) in [7, 11) is 2.02. The highest BCUT2D eigenvalue weighted by Crippen LogP contribution is 2.50.